The van der Waals surface area contributed by atoms with E-state index in [1.54, 1.807) is 0 Å². The van der Waals surface area contributed by atoms with Crippen LogP contribution in [0.5, 0.6) is 5.75 Å². The molecule has 6 heteroatoms. The van der Waals surface area contributed by atoms with Gasteiger partial charge in [-0.15, -0.1) is 0 Å². The van der Waals surface area contributed by atoms with Crippen molar-refractivity contribution in [2.45, 2.75) is 38.3 Å². The molecular formula is C20H26N2O3S. The summed E-state index contributed by atoms with van der Waals surface area (Å²) in [6.45, 7) is 2.63. The fourth-order valence-electron chi connectivity index (χ4n) is 3.33. The third-order valence-corrected chi connectivity index (χ3v) is 6.22. The Morgan fingerprint density at radius 1 is 1.15 bits per heavy atom. The Labute approximate surface area is 155 Å². The van der Waals surface area contributed by atoms with E-state index in [4.69, 9.17) is 10.5 Å². The van der Waals surface area contributed by atoms with E-state index < -0.39 is 10.0 Å². The van der Waals surface area contributed by atoms with Crippen molar-refractivity contribution in [1.29, 1.82) is 0 Å². The molecule has 1 aliphatic heterocycles. The third kappa shape index (κ3) is 4.63. The molecule has 0 fully saturated rings. The van der Waals surface area contributed by atoms with Gasteiger partial charge in [-0.3, -0.25) is 0 Å². The van der Waals surface area contributed by atoms with Crippen LogP contribution in [0.15, 0.2) is 48.5 Å². The van der Waals surface area contributed by atoms with Crippen molar-refractivity contribution in [3.8, 4) is 5.75 Å². The van der Waals surface area contributed by atoms with Crippen LogP contribution in [0.4, 0.5) is 0 Å². The molecule has 0 radical (unpaired) electrons. The molecule has 0 aliphatic carbocycles. The molecule has 0 unspecified atom stereocenters. The summed E-state index contributed by atoms with van der Waals surface area (Å²) in [7, 11) is -3.23. The second kappa shape index (κ2) is 8.20. The predicted molar refractivity (Wildman–Crippen MR) is 104 cm³/mol. The van der Waals surface area contributed by atoms with Crippen molar-refractivity contribution in [2.75, 3.05) is 12.4 Å². The lowest BCUT2D eigenvalue weighted by molar-refractivity contribution is 0.238. The Hall–Kier alpha value is -1.89. The Bertz CT molecular complexity index is 837. The summed E-state index contributed by atoms with van der Waals surface area (Å²) in [5.74, 6) is 1.13. The minimum absolute atomic E-state index is 0.0882. The highest BCUT2D eigenvalue weighted by Crippen LogP contribution is 2.36. The Balaban J connectivity index is 1.81. The standard InChI is InChI=1S/C20H26N2O3S/c1-2-10-26(23,24)22-13-16-8-9-20-18(12-16)17(19(21)14-25-20)11-15-6-4-3-5-7-15/h3-9,12,17,19,22H,2,10-11,13-14,21H2,1H3/t17-,19+/m0/s1. The van der Waals surface area contributed by atoms with Gasteiger partial charge in [-0.25, -0.2) is 13.1 Å². The molecule has 3 rings (SSSR count). The topological polar surface area (TPSA) is 81.4 Å². The molecule has 0 spiro atoms. The van der Waals surface area contributed by atoms with E-state index in [2.05, 4.69) is 16.9 Å². The maximum Gasteiger partial charge on any atom is 0.211 e. The fraction of sp³-hybridized carbons (Fsp3) is 0.400. The van der Waals surface area contributed by atoms with Gasteiger partial charge in [0.1, 0.15) is 12.4 Å². The number of hydrogen-bond acceptors (Lipinski definition) is 4. The van der Waals surface area contributed by atoms with E-state index in [-0.39, 0.29) is 24.3 Å². The van der Waals surface area contributed by atoms with Gasteiger partial charge >= 0.3 is 0 Å². The zero-order valence-electron chi connectivity index (χ0n) is 15.0. The summed E-state index contributed by atoms with van der Waals surface area (Å²) in [5, 5.41) is 0. The molecule has 0 saturated carbocycles. The third-order valence-electron chi connectivity index (χ3n) is 4.69. The monoisotopic (exact) mass is 374 g/mol. The first-order valence-electron chi connectivity index (χ1n) is 9.01. The van der Waals surface area contributed by atoms with Gasteiger partial charge in [-0.2, -0.15) is 0 Å². The maximum atomic E-state index is 11.9. The van der Waals surface area contributed by atoms with Crippen molar-refractivity contribution < 1.29 is 13.2 Å². The highest BCUT2D eigenvalue weighted by atomic mass is 32.2. The average Bonchev–Trinajstić information content (AvgIpc) is 2.63. The van der Waals surface area contributed by atoms with Gasteiger partial charge in [0.15, 0.2) is 0 Å². The predicted octanol–water partition coefficient (Wildman–Crippen LogP) is 2.56. The van der Waals surface area contributed by atoms with Gasteiger partial charge in [0.05, 0.1) is 5.75 Å². The van der Waals surface area contributed by atoms with Gasteiger partial charge in [0.25, 0.3) is 0 Å². The number of benzene rings is 2. The highest BCUT2D eigenvalue weighted by molar-refractivity contribution is 7.89. The van der Waals surface area contributed by atoms with Crippen molar-refractivity contribution >= 4 is 10.0 Å². The Morgan fingerprint density at radius 2 is 1.92 bits per heavy atom. The molecule has 1 aliphatic rings. The van der Waals surface area contributed by atoms with Crippen LogP contribution in [0.1, 0.15) is 36.0 Å². The van der Waals surface area contributed by atoms with Gasteiger partial charge in [0.2, 0.25) is 10.0 Å². The lowest BCUT2D eigenvalue weighted by Crippen LogP contribution is -2.39. The lowest BCUT2D eigenvalue weighted by Gasteiger charge is -2.32. The molecule has 0 saturated heterocycles. The van der Waals surface area contributed by atoms with E-state index in [1.165, 1.54) is 5.56 Å². The molecule has 2 aromatic rings. The van der Waals surface area contributed by atoms with Crippen molar-refractivity contribution in [1.82, 2.24) is 4.72 Å². The molecule has 26 heavy (non-hydrogen) atoms. The maximum absolute atomic E-state index is 11.9. The van der Waals surface area contributed by atoms with Crippen LogP contribution in [0.2, 0.25) is 0 Å². The van der Waals surface area contributed by atoms with Crippen LogP contribution in [0.25, 0.3) is 0 Å². The molecule has 3 N–H and O–H groups in total. The summed E-state index contributed by atoms with van der Waals surface area (Å²) in [5.41, 5.74) is 9.54. The molecular weight excluding hydrogens is 348 g/mol. The minimum atomic E-state index is -3.23. The van der Waals surface area contributed by atoms with E-state index in [0.29, 0.717) is 13.0 Å². The molecule has 2 aromatic carbocycles. The fourth-order valence-corrected chi connectivity index (χ4v) is 4.39. The summed E-state index contributed by atoms with van der Waals surface area (Å²) >= 11 is 0. The number of ether oxygens (including phenoxy) is 1. The van der Waals surface area contributed by atoms with Crippen molar-refractivity contribution in [2.24, 2.45) is 5.73 Å². The number of rotatable bonds is 7. The van der Waals surface area contributed by atoms with Crippen LogP contribution >= 0.6 is 0 Å². The molecule has 0 aromatic heterocycles. The first kappa shape index (κ1) is 18.9. The van der Waals surface area contributed by atoms with Gasteiger partial charge < -0.3 is 10.5 Å². The first-order chi connectivity index (χ1) is 12.5. The average molecular weight is 375 g/mol. The van der Waals surface area contributed by atoms with Crippen LogP contribution in [0, 0.1) is 0 Å². The van der Waals surface area contributed by atoms with Crippen LogP contribution in [-0.2, 0) is 23.0 Å². The van der Waals surface area contributed by atoms with E-state index in [9.17, 15) is 8.42 Å². The lowest BCUT2D eigenvalue weighted by atomic mass is 9.84. The van der Waals surface area contributed by atoms with Crippen LogP contribution < -0.4 is 15.2 Å². The zero-order chi connectivity index (χ0) is 18.6. The smallest absolute Gasteiger partial charge is 0.211 e. The molecule has 2 atom stereocenters. The van der Waals surface area contributed by atoms with Crippen molar-refractivity contribution in [3.63, 3.8) is 0 Å². The minimum Gasteiger partial charge on any atom is -0.492 e. The van der Waals surface area contributed by atoms with E-state index in [0.717, 1.165) is 23.3 Å². The Morgan fingerprint density at radius 3 is 2.65 bits per heavy atom. The summed E-state index contributed by atoms with van der Waals surface area (Å²) in [6, 6.07) is 16.0. The van der Waals surface area contributed by atoms with Crippen LogP contribution in [0.3, 0.4) is 0 Å². The van der Waals surface area contributed by atoms with Crippen molar-refractivity contribution in [3.05, 3.63) is 65.2 Å². The highest BCUT2D eigenvalue weighted by Gasteiger charge is 2.29. The Kier molecular flexibility index (Phi) is 5.96. The van der Waals surface area contributed by atoms with Gasteiger partial charge in [-0.05, 0) is 35.6 Å². The largest absolute Gasteiger partial charge is 0.492 e. The second-order valence-corrected chi connectivity index (χ2v) is 8.71. The summed E-state index contributed by atoms with van der Waals surface area (Å²) < 4.78 is 32.2. The first-order valence-corrected chi connectivity index (χ1v) is 10.7. The number of hydrogen-bond donors (Lipinski definition) is 2. The SMILES string of the molecule is CCCS(=O)(=O)NCc1ccc2c(c1)[C@H](Cc1ccccc1)[C@H](N)CO2. The molecule has 1 heterocycles. The van der Waals surface area contributed by atoms with E-state index >= 15 is 0 Å². The number of nitrogens with two attached hydrogens (primary N) is 1. The molecule has 0 bridgehead atoms. The zero-order valence-corrected chi connectivity index (χ0v) is 15.8. The normalized spacial score (nSPS) is 19.6. The molecule has 0 amide bonds. The van der Waals surface area contributed by atoms with Gasteiger partial charge in [0, 0.05) is 18.5 Å². The van der Waals surface area contributed by atoms with Crippen LogP contribution in [-0.4, -0.2) is 26.8 Å². The number of nitrogens with one attached hydrogen (secondary N) is 1. The quantitative estimate of drug-likeness (QED) is 0.780. The van der Waals surface area contributed by atoms with E-state index in [1.807, 2.05) is 43.3 Å². The molecule has 5 nitrogen and oxygen atoms in total. The number of fused-ring (bicyclic) bond motifs is 1. The van der Waals surface area contributed by atoms with Gasteiger partial charge in [-0.1, -0.05) is 49.4 Å². The summed E-state index contributed by atoms with van der Waals surface area (Å²) in [4.78, 5) is 0. The second-order valence-electron chi connectivity index (χ2n) is 6.78. The summed E-state index contributed by atoms with van der Waals surface area (Å²) in [6.07, 6.45) is 1.44. The number of sulfonamides is 1. The molecule has 140 valence electrons.